The number of amides is 1. The number of fused-ring (bicyclic) bond motifs is 1. The number of unbranched alkanes of at least 4 members (excludes halogenated alkanes) is 2. The van der Waals surface area contributed by atoms with Gasteiger partial charge in [-0.05, 0) is 32.8 Å². The molecule has 1 heterocycles. The molecule has 0 bridgehead atoms. The van der Waals surface area contributed by atoms with Crippen molar-refractivity contribution in [3.05, 3.63) is 28.1 Å². The molecular weight excluding hydrogens is 330 g/mol. The van der Waals surface area contributed by atoms with Crippen molar-refractivity contribution in [2.75, 3.05) is 13.1 Å². The fraction of sp³-hybridized carbons (Fsp3) is 0.500. The highest BCUT2D eigenvalue weighted by Crippen LogP contribution is 2.41. The van der Waals surface area contributed by atoms with E-state index in [9.17, 15) is 4.79 Å². The molecule has 5 heteroatoms. The second kappa shape index (κ2) is 8.55. The number of aryl methyl sites for hydroxylation is 1. The summed E-state index contributed by atoms with van der Waals surface area (Å²) in [5, 5.41) is 1.79. The summed E-state index contributed by atoms with van der Waals surface area (Å²) in [7, 11) is 0. The summed E-state index contributed by atoms with van der Waals surface area (Å²) in [5.74, 6) is 0.605. The van der Waals surface area contributed by atoms with Crippen molar-refractivity contribution >= 4 is 39.1 Å². The number of thiophene rings is 1. The molecule has 2 rings (SSSR count). The van der Waals surface area contributed by atoms with Crippen molar-refractivity contribution < 1.29 is 9.53 Å². The third-order valence-corrected chi connectivity index (χ3v) is 5.74. The Morgan fingerprint density at radius 1 is 1.22 bits per heavy atom. The molecule has 3 nitrogen and oxygen atoms in total. The summed E-state index contributed by atoms with van der Waals surface area (Å²) in [6.07, 6.45) is 4.20. The molecule has 0 saturated carbocycles. The molecule has 126 valence electrons. The standard InChI is InChI=1S/C18H24ClNO2S/c1-4-7-8-12-15-16(19)13-10-9-11-14(17(13)23-15)22-18(21)20(5-2)6-3/h9-11H,4-8,12H2,1-3H3. The van der Waals surface area contributed by atoms with E-state index in [4.69, 9.17) is 16.3 Å². The molecule has 0 spiro atoms. The van der Waals surface area contributed by atoms with Gasteiger partial charge in [0.15, 0.2) is 5.75 Å². The van der Waals surface area contributed by atoms with Crippen molar-refractivity contribution in [1.82, 2.24) is 4.90 Å². The quantitative estimate of drug-likeness (QED) is 0.560. The summed E-state index contributed by atoms with van der Waals surface area (Å²) in [6.45, 7) is 7.35. The molecule has 0 atom stereocenters. The van der Waals surface area contributed by atoms with Gasteiger partial charge in [0, 0.05) is 23.4 Å². The van der Waals surface area contributed by atoms with Crippen LogP contribution >= 0.6 is 22.9 Å². The van der Waals surface area contributed by atoms with Gasteiger partial charge < -0.3 is 9.64 Å². The van der Waals surface area contributed by atoms with E-state index < -0.39 is 0 Å². The number of hydrogen-bond donors (Lipinski definition) is 0. The molecule has 0 aliphatic heterocycles. The zero-order valence-electron chi connectivity index (χ0n) is 14.0. The monoisotopic (exact) mass is 353 g/mol. The minimum Gasteiger partial charge on any atom is -0.409 e. The lowest BCUT2D eigenvalue weighted by Crippen LogP contribution is -2.33. The van der Waals surface area contributed by atoms with Crippen molar-refractivity contribution in [1.29, 1.82) is 0 Å². The van der Waals surface area contributed by atoms with Gasteiger partial charge in [-0.3, -0.25) is 0 Å². The van der Waals surface area contributed by atoms with Crippen LogP contribution in [-0.2, 0) is 6.42 Å². The van der Waals surface area contributed by atoms with Crippen LogP contribution in [0.25, 0.3) is 10.1 Å². The van der Waals surface area contributed by atoms with E-state index in [-0.39, 0.29) is 6.09 Å². The maximum atomic E-state index is 12.2. The van der Waals surface area contributed by atoms with Gasteiger partial charge in [0.25, 0.3) is 0 Å². The molecule has 1 aromatic heterocycles. The number of hydrogen-bond acceptors (Lipinski definition) is 3. The van der Waals surface area contributed by atoms with Gasteiger partial charge in [-0.2, -0.15) is 0 Å². The molecule has 1 amide bonds. The van der Waals surface area contributed by atoms with Crippen LogP contribution in [0.15, 0.2) is 18.2 Å². The summed E-state index contributed by atoms with van der Waals surface area (Å²) >= 11 is 8.16. The Kier molecular flexibility index (Phi) is 6.72. The molecular formula is C18H24ClNO2S. The summed E-state index contributed by atoms with van der Waals surface area (Å²) in [6, 6.07) is 5.72. The summed E-state index contributed by atoms with van der Waals surface area (Å²) < 4.78 is 6.57. The molecule has 0 N–H and O–H groups in total. The topological polar surface area (TPSA) is 29.5 Å². The lowest BCUT2D eigenvalue weighted by Gasteiger charge is -2.18. The third kappa shape index (κ3) is 4.18. The predicted molar refractivity (Wildman–Crippen MR) is 99.0 cm³/mol. The van der Waals surface area contributed by atoms with Gasteiger partial charge in [-0.15, -0.1) is 11.3 Å². The Morgan fingerprint density at radius 2 is 1.96 bits per heavy atom. The fourth-order valence-corrected chi connectivity index (χ4v) is 4.14. The Balaban J connectivity index is 2.27. The number of nitrogens with zero attached hydrogens (tertiary/aromatic N) is 1. The third-order valence-electron chi connectivity index (χ3n) is 3.91. The van der Waals surface area contributed by atoms with E-state index in [0.29, 0.717) is 18.8 Å². The van der Waals surface area contributed by atoms with E-state index in [1.807, 2.05) is 32.0 Å². The van der Waals surface area contributed by atoms with Crippen LogP contribution in [0.2, 0.25) is 5.02 Å². The van der Waals surface area contributed by atoms with E-state index in [1.54, 1.807) is 16.2 Å². The van der Waals surface area contributed by atoms with Gasteiger partial charge in [0.2, 0.25) is 0 Å². The van der Waals surface area contributed by atoms with E-state index in [2.05, 4.69) is 6.92 Å². The van der Waals surface area contributed by atoms with E-state index in [1.165, 1.54) is 17.7 Å². The fourth-order valence-electron chi connectivity index (χ4n) is 2.53. The zero-order valence-corrected chi connectivity index (χ0v) is 15.6. The number of halogens is 1. The van der Waals surface area contributed by atoms with Gasteiger partial charge >= 0.3 is 6.09 Å². The van der Waals surface area contributed by atoms with E-state index >= 15 is 0 Å². The first-order valence-corrected chi connectivity index (χ1v) is 9.48. The molecule has 0 saturated heterocycles. The van der Waals surface area contributed by atoms with Crippen LogP contribution in [0.1, 0.15) is 44.9 Å². The Bertz CT molecular complexity index is 664. The van der Waals surface area contributed by atoms with Crippen molar-refractivity contribution in [3.8, 4) is 5.75 Å². The van der Waals surface area contributed by atoms with Crippen LogP contribution in [-0.4, -0.2) is 24.1 Å². The first-order valence-electron chi connectivity index (χ1n) is 8.28. The van der Waals surface area contributed by atoms with Crippen molar-refractivity contribution in [2.24, 2.45) is 0 Å². The second-order valence-corrected chi connectivity index (χ2v) is 6.95. The lowest BCUT2D eigenvalue weighted by molar-refractivity contribution is 0.158. The van der Waals surface area contributed by atoms with Crippen LogP contribution in [0.4, 0.5) is 4.79 Å². The molecule has 0 fully saturated rings. The SMILES string of the molecule is CCCCCc1sc2c(OC(=O)N(CC)CC)cccc2c1Cl. The lowest BCUT2D eigenvalue weighted by atomic mass is 10.1. The maximum Gasteiger partial charge on any atom is 0.415 e. The average molecular weight is 354 g/mol. The highest BCUT2D eigenvalue weighted by atomic mass is 35.5. The minimum atomic E-state index is -0.306. The van der Waals surface area contributed by atoms with Crippen molar-refractivity contribution in [2.45, 2.75) is 46.5 Å². The maximum absolute atomic E-state index is 12.2. The summed E-state index contributed by atoms with van der Waals surface area (Å²) in [5.41, 5.74) is 0. The van der Waals surface area contributed by atoms with Crippen LogP contribution in [0.5, 0.6) is 5.75 Å². The van der Waals surface area contributed by atoms with Crippen LogP contribution < -0.4 is 4.74 Å². The Morgan fingerprint density at radius 3 is 2.61 bits per heavy atom. The van der Waals surface area contributed by atoms with Crippen molar-refractivity contribution in [3.63, 3.8) is 0 Å². The number of rotatable bonds is 7. The second-order valence-electron chi connectivity index (χ2n) is 5.47. The van der Waals surface area contributed by atoms with Gasteiger partial charge in [-0.1, -0.05) is 43.5 Å². The highest BCUT2D eigenvalue weighted by molar-refractivity contribution is 7.20. The number of carbonyl (C=O) groups is 1. The normalized spacial score (nSPS) is 11.0. The first kappa shape index (κ1) is 18.1. The summed E-state index contributed by atoms with van der Waals surface area (Å²) in [4.78, 5) is 15.0. The number of carbonyl (C=O) groups excluding carboxylic acids is 1. The number of ether oxygens (including phenoxy) is 1. The van der Waals surface area contributed by atoms with Gasteiger partial charge in [0.05, 0.1) is 9.72 Å². The first-order chi connectivity index (χ1) is 11.1. The molecule has 23 heavy (non-hydrogen) atoms. The van der Waals surface area contributed by atoms with Crippen LogP contribution in [0.3, 0.4) is 0 Å². The molecule has 1 aromatic carbocycles. The van der Waals surface area contributed by atoms with Crippen LogP contribution in [0, 0.1) is 0 Å². The smallest absolute Gasteiger partial charge is 0.409 e. The molecule has 0 radical (unpaired) electrons. The van der Waals surface area contributed by atoms with Gasteiger partial charge in [-0.25, -0.2) is 4.79 Å². The number of benzene rings is 1. The largest absolute Gasteiger partial charge is 0.415 e. The van der Waals surface area contributed by atoms with E-state index in [0.717, 1.165) is 28.0 Å². The minimum absolute atomic E-state index is 0.306. The molecule has 0 aliphatic rings. The molecule has 2 aromatic rings. The predicted octanol–water partition coefficient (Wildman–Crippen LogP) is 6.13. The van der Waals surface area contributed by atoms with Gasteiger partial charge in [0.1, 0.15) is 0 Å². The highest BCUT2D eigenvalue weighted by Gasteiger charge is 2.17. The zero-order chi connectivity index (χ0) is 16.8. The average Bonchev–Trinajstić information content (AvgIpc) is 2.87. The molecule has 0 aliphatic carbocycles. The Labute approximate surface area is 147 Å². The Hall–Kier alpha value is -1.26. The molecule has 0 unspecified atom stereocenters.